The molecular weight excluding hydrogens is 610 g/mol. The molecule has 1 fully saturated rings. The molecule has 0 saturated carbocycles. The van der Waals surface area contributed by atoms with Gasteiger partial charge in [0.1, 0.15) is 22.9 Å². The first-order valence-corrected chi connectivity index (χ1v) is 15.7. The average Bonchev–Trinajstić information content (AvgIpc) is 3.03. The van der Waals surface area contributed by atoms with E-state index in [0.717, 1.165) is 35.0 Å². The summed E-state index contributed by atoms with van der Waals surface area (Å²) in [6.07, 6.45) is 0.802. The Balaban J connectivity index is 0.000000468. The van der Waals surface area contributed by atoms with Crippen molar-refractivity contribution in [1.82, 2.24) is 20.2 Å². The highest BCUT2D eigenvalue weighted by Crippen LogP contribution is 2.36. The fourth-order valence-electron chi connectivity index (χ4n) is 4.76. The number of nitrogens with one attached hydrogen (secondary N) is 3. The molecule has 1 aliphatic heterocycles. The minimum atomic E-state index is -4.71. The molecule has 246 valence electrons. The molecule has 1 aromatic heterocycles. The van der Waals surface area contributed by atoms with Crippen molar-refractivity contribution in [2.75, 3.05) is 62.0 Å². The third kappa shape index (κ3) is 9.93. The Kier molecular flexibility index (Phi) is 13.2. The van der Waals surface area contributed by atoms with Crippen molar-refractivity contribution in [3.8, 4) is 5.75 Å². The number of ether oxygens (including phenoxy) is 1. The number of halogens is 4. The van der Waals surface area contributed by atoms with Crippen molar-refractivity contribution in [2.45, 2.75) is 45.5 Å². The van der Waals surface area contributed by atoms with E-state index in [1.54, 1.807) is 0 Å². The van der Waals surface area contributed by atoms with Gasteiger partial charge in [-0.25, -0.2) is 9.37 Å². The number of anilines is 4. The molecule has 14 heteroatoms. The normalized spacial score (nSPS) is 13.9. The average molecular weight is 652 g/mol. The van der Waals surface area contributed by atoms with Crippen LogP contribution in [0.3, 0.4) is 0 Å². The van der Waals surface area contributed by atoms with Crippen molar-refractivity contribution in [2.24, 2.45) is 0 Å². The van der Waals surface area contributed by atoms with Gasteiger partial charge in [0.2, 0.25) is 5.95 Å². The number of likely N-dealkylation sites (tertiary alicyclic amines) is 1. The molecule has 1 aliphatic rings. The molecule has 0 radical (unpaired) electrons. The van der Waals surface area contributed by atoms with Crippen LogP contribution in [-0.4, -0.2) is 74.3 Å². The second-order valence-electron chi connectivity index (χ2n) is 10.4. The maximum Gasteiger partial charge on any atom is 0.421 e. The van der Waals surface area contributed by atoms with Gasteiger partial charge >= 0.3 is 6.18 Å². The summed E-state index contributed by atoms with van der Waals surface area (Å²) in [4.78, 5) is 21.2. The number of hydrogen-bond donors (Lipinski definition) is 3. The molecule has 2 aromatic carbocycles. The molecule has 0 unspecified atom stereocenters. The van der Waals surface area contributed by atoms with Crippen molar-refractivity contribution in [3.63, 3.8) is 0 Å². The third-order valence-corrected chi connectivity index (χ3v) is 8.27. The number of hydrogen-bond acceptors (Lipinski definition) is 10. The van der Waals surface area contributed by atoms with E-state index in [1.807, 2.05) is 42.7 Å². The van der Waals surface area contributed by atoms with Crippen LogP contribution >= 0.6 is 11.9 Å². The van der Waals surface area contributed by atoms with Crippen LogP contribution in [-0.2, 0) is 12.7 Å². The lowest BCUT2D eigenvalue weighted by Crippen LogP contribution is -2.40. The van der Waals surface area contributed by atoms with E-state index in [9.17, 15) is 22.4 Å². The minimum Gasteiger partial charge on any atom is -0.495 e. The summed E-state index contributed by atoms with van der Waals surface area (Å²) in [5.41, 5.74) is 1.39. The molecule has 0 atom stereocenters. The summed E-state index contributed by atoms with van der Waals surface area (Å²) in [5.74, 6) is -1.41. The van der Waals surface area contributed by atoms with E-state index in [0.29, 0.717) is 12.5 Å². The molecule has 0 aliphatic carbocycles. The highest BCUT2D eigenvalue weighted by atomic mass is 32.2. The number of aromatic nitrogens is 2. The molecule has 3 aromatic rings. The van der Waals surface area contributed by atoms with Crippen LogP contribution in [0.2, 0.25) is 0 Å². The molecule has 0 bridgehead atoms. The van der Waals surface area contributed by atoms with E-state index in [2.05, 4.69) is 44.8 Å². The van der Waals surface area contributed by atoms with Gasteiger partial charge in [0.15, 0.2) is 6.29 Å². The summed E-state index contributed by atoms with van der Waals surface area (Å²) in [6.45, 7) is 8.00. The third-order valence-electron chi connectivity index (χ3n) is 7.53. The Hall–Kier alpha value is -3.62. The Labute approximate surface area is 266 Å². The van der Waals surface area contributed by atoms with E-state index in [-0.39, 0.29) is 29.5 Å². The van der Waals surface area contributed by atoms with Crippen molar-refractivity contribution < 1.29 is 27.1 Å². The Morgan fingerprint density at radius 1 is 1.20 bits per heavy atom. The smallest absolute Gasteiger partial charge is 0.421 e. The lowest BCUT2D eigenvalue weighted by atomic mass is 10.1. The van der Waals surface area contributed by atoms with Crippen LogP contribution in [0.15, 0.2) is 36.5 Å². The number of aryl methyl sites for hydroxylation is 1. The SMILES string of the molecule is CCN1CCC(NC)CC1.COc1cc(C=O)c(F)cc1Nc1ncc(C(F)(F)F)c(NCc2ccc(C)cc2N(C)SC)n1. The Morgan fingerprint density at radius 2 is 1.91 bits per heavy atom. The number of carbonyl (C=O) groups excluding carboxylic acids is 1. The fraction of sp³-hybridized carbons (Fsp3) is 0.452. The second kappa shape index (κ2) is 16.6. The predicted molar refractivity (Wildman–Crippen MR) is 173 cm³/mol. The summed E-state index contributed by atoms with van der Waals surface area (Å²) < 4.78 is 62.1. The van der Waals surface area contributed by atoms with E-state index in [4.69, 9.17) is 4.74 Å². The van der Waals surface area contributed by atoms with Crippen LogP contribution in [0, 0.1) is 12.7 Å². The lowest BCUT2D eigenvalue weighted by Gasteiger charge is -2.30. The van der Waals surface area contributed by atoms with Crippen molar-refractivity contribution >= 4 is 41.4 Å². The van der Waals surface area contributed by atoms with Crippen LogP contribution in [0.1, 0.15) is 46.8 Å². The highest BCUT2D eigenvalue weighted by Gasteiger charge is 2.35. The molecule has 45 heavy (non-hydrogen) atoms. The van der Waals surface area contributed by atoms with Gasteiger partial charge in [-0.2, -0.15) is 18.2 Å². The number of piperidine rings is 1. The molecule has 0 amide bonds. The summed E-state index contributed by atoms with van der Waals surface area (Å²) in [7, 11) is 5.23. The largest absolute Gasteiger partial charge is 0.495 e. The molecule has 2 heterocycles. The maximum atomic E-state index is 14.1. The van der Waals surface area contributed by atoms with Crippen LogP contribution in [0.4, 0.5) is 40.7 Å². The molecule has 4 rings (SSSR count). The Morgan fingerprint density at radius 3 is 2.49 bits per heavy atom. The second-order valence-corrected chi connectivity index (χ2v) is 11.3. The number of rotatable bonds is 11. The molecule has 3 N–H and O–H groups in total. The van der Waals surface area contributed by atoms with Crippen LogP contribution in [0.25, 0.3) is 0 Å². The molecule has 0 spiro atoms. The standard InChI is InChI=1S/C23H23F4N5O2S.C8H18N2/c1-13-5-6-14(19(7-13)32(2)35-4)10-28-21-16(23(25,26)27)11-29-22(31-21)30-18-9-17(24)15(12-33)8-20(18)34-3;1-3-10-6-4-8(9-2)5-7-10/h5-9,11-12H,10H2,1-4H3,(H2,28,29,30,31);8-9H,3-7H2,1-2H3. The zero-order valence-electron chi connectivity index (χ0n) is 26.4. The summed E-state index contributed by atoms with van der Waals surface area (Å²) in [6, 6.07) is 8.57. The Bertz CT molecular complexity index is 1410. The number of benzene rings is 2. The lowest BCUT2D eigenvalue weighted by molar-refractivity contribution is -0.137. The summed E-state index contributed by atoms with van der Waals surface area (Å²) >= 11 is 1.47. The topological polar surface area (TPSA) is 94.7 Å². The van der Waals surface area contributed by atoms with Gasteiger partial charge < -0.3 is 29.9 Å². The van der Waals surface area contributed by atoms with Gasteiger partial charge in [-0.15, -0.1) is 0 Å². The van der Waals surface area contributed by atoms with E-state index in [1.165, 1.54) is 51.5 Å². The first-order chi connectivity index (χ1) is 21.4. The van der Waals surface area contributed by atoms with Gasteiger partial charge in [0.05, 0.1) is 24.0 Å². The number of alkyl halides is 3. The number of aldehydes is 1. The van der Waals surface area contributed by atoms with Gasteiger partial charge in [-0.05, 0) is 69.7 Å². The molecule has 1 saturated heterocycles. The summed E-state index contributed by atoms with van der Waals surface area (Å²) in [5, 5.41) is 8.74. The maximum absolute atomic E-state index is 14.1. The predicted octanol–water partition coefficient (Wildman–Crippen LogP) is 6.52. The molecular formula is C31H41F4N7O2S. The first-order valence-electron chi connectivity index (χ1n) is 14.5. The van der Waals surface area contributed by atoms with Gasteiger partial charge in [-0.1, -0.05) is 31.0 Å². The highest BCUT2D eigenvalue weighted by molar-refractivity contribution is 7.99. The van der Waals surface area contributed by atoms with Gasteiger partial charge in [-0.3, -0.25) is 4.79 Å². The molecule has 9 nitrogen and oxygen atoms in total. The minimum absolute atomic E-state index is 0.0451. The first kappa shape index (κ1) is 35.9. The van der Waals surface area contributed by atoms with Crippen molar-refractivity contribution in [1.29, 1.82) is 0 Å². The van der Waals surface area contributed by atoms with E-state index < -0.39 is 23.4 Å². The fourth-order valence-corrected chi connectivity index (χ4v) is 5.13. The van der Waals surface area contributed by atoms with E-state index >= 15 is 0 Å². The van der Waals surface area contributed by atoms with Crippen molar-refractivity contribution in [3.05, 3.63) is 64.6 Å². The van der Waals surface area contributed by atoms with Gasteiger partial charge in [0.25, 0.3) is 0 Å². The zero-order valence-corrected chi connectivity index (χ0v) is 27.2. The monoisotopic (exact) mass is 651 g/mol. The number of carbonyl (C=O) groups is 1. The van der Waals surface area contributed by atoms with Gasteiger partial charge in [0, 0.05) is 38.2 Å². The number of methoxy groups -OCH3 is 1. The van der Waals surface area contributed by atoms with Crippen LogP contribution in [0.5, 0.6) is 5.75 Å². The quantitative estimate of drug-likeness (QED) is 0.121. The zero-order chi connectivity index (χ0) is 33.1. The number of nitrogens with zero attached hydrogens (tertiary/aromatic N) is 4. The van der Waals surface area contributed by atoms with Crippen LogP contribution < -0.4 is 25.0 Å².